The molecule has 1 aliphatic heterocycles. The molecule has 0 spiro atoms. The van der Waals surface area contributed by atoms with Crippen molar-refractivity contribution in [2.45, 2.75) is 38.6 Å². The van der Waals surface area contributed by atoms with E-state index in [4.69, 9.17) is 0 Å². The number of aromatic nitrogens is 2. The minimum absolute atomic E-state index is 0.00131. The predicted octanol–water partition coefficient (Wildman–Crippen LogP) is 0.384. The molecule has 0 aromatic carbocycles. The molecule has 5 nitrogen and oxygen atoms in total. The topological polar surface area (TPSA) is 58.4 Å². The van der Waals surface area contributed by atoms with Gasteiger partial charge >= 0.3 is 0 Å². The molecule has 2 aliphatic rings. The lowest BCUT2D eigenvalue weighted by Crippen LogP contribution is -2.42. The Balaban J connectivity index is 1.85. The molecule has 1 aliphatic carbocycles. The van der Waals surface area contributed by atoms with Gasteiger partial charge < -0.3 is 9.67 Å². The number of fused-ring (bicyclic) bond motifs is 1. The summed E-state index contributed by atoms with van der Waals surface area (Å²) in [5, 5.41) is 10.0. The maximum absolute atomic E-state index is 11.2. The van der Waals surface area contributed by atoms with Crippen molar-refractivity contribution in [3.05, 3.63) is 17.7 Å². The molecule has 3 rings (SSSR count). The maximum Gasteiger partial charge on any atom is 0.179 e. The third-order valence-electron chi connectivity index (χ3n) is 3.45. The molecule has 1 fully saturated rings. The zero-order valence-corrected chi connectivity index (χ0v) is 9.31. The normalized spacial score (nSPS) is 22.9. The van der Waals surface area contributed by atoms with E-state index in [0.29, 0.717) is 12.2 Å². The van der Waals surface area contributed by atoms with Crippen LogP contribution < -0.4 is 0 Å². The van der Waals surface area contributed by atoms with Crippen LogP contribution in [0.1, 0.15) is 36.1 Å². The molecule has 1 aromatic heterocycles. The Hall–Kier alpha value is -1.20. The number of carbonyl (C=O) groups is 1. The molecule has 0 unspecified atom stereocenters. The summed E-state index contributed by atoms with van der Waals surface area (Å²) < 4.78 is 2.01. The van der Waals surface area contributed by atoms with Crippen LogP contribution in [0.4, 0.5) is 0 Å². The standard InChI is InChI=1S/C11H15N3O2/c1-8(15)9-6-13-4-5-14(7-10(13)12-9)11(16)2-3-11/h6,16H,2-5,7H2,1H3. The second kappa shape index (κ2) is 3.15. The summed E-state index contributed by atoms with van der Waals surface area (Å²) in [5.74, 6) is 0.885. The molecule has 16 heavy (non-hydrogen) atoms. The number of Topliss-reactive ketones (excluding diaryl/α,β-unsaturated/α-hetero) is 1. The van der Waals surface area contributed by atoms with Gasteiger partial charge in [0.05, 0.1) is 6.54 Å². The van der Waals surface area contributed by atoms with Gasteiger partial charge in [0.15, 0.2) is 5.78 Å². The minimum atomic E-state index is -0.590. The summed E-state index contributed by atoms with van der Waals surface area (Å²) in [4.78, 5) is 17.6. The number of hydrogen-bond acceptors (Lipinski definition) is 4. The number of carbonyl (C=O) groups excluding carboxylic acids is 1. The summed E-state index contributed by atoms with van der Waals surface area (Å²) in [5.41, 5.74) is -0.0623. The van der Waals surface area contributed by atoms with Gasteiger partial charge in [-0.05, 0) is 12.8 Å². The van der Waals surface area contributed by atoms with Crippen LogP contribution in [0.25, 0.3) is 0 Å². The van der Waals surface area contributed by atoms with Gasteiger partial charge in [-0.1, -0.05) is 0 Å². The van der Waals surface area contributed by atoms with Gasteiger partial charge in [-0.2, -0.15) is 0 Å². The Bertz CT molecular complexity index is 448. The average molecular weight is 221 g/mol. The van der Waals surface area contributed by atoms with Gasteiger partial charge in [0.1, 0.15) is 17.2 Å². The fraction of sp³-hybridized carbons (Fsp3) is 0.636. The zero-order chi connectivity index (χ0) is 11.3. The number of rotatable bonds is 2. The molecule has 0 radical (unpaired) electrons. The quantitative estimate of drug-likeness (QED) is 0.734. The first kappa shape index (κ1) is 9.99. The Morgan fingerprint density at radius 2 is 2.25 bits per heavy atom. The van der Waals surface area contributed by atoms with Crippen LogP contribution in [0, 0.1) is 0 Å². The third-order valence-corrected chi connectivity index (χ3v) is 3.45. The van der Waals surface area contributed by atoms with Crippen LogP contribution in [0.15, 0.2) is 6.20 Å². The van der Waals surface area contributed by atoms with Crippen LogP contribution in [0.2, 0.25) is 0 Å². The summed E-state index contributed by atoms with van der Waals surface area (Å²) in [7, 11) is 0. The molecular formula is C11H15N3O2. The van der Waals surface area contributed by atoms with Crippen molar-refractivity contribution in [1.29, 1.82) is 0 Å². The molecule has 1 N–H and O–H groups in total. The number of hydrogen-bond donors (Lipinski definition) is 1. The number of aliphatic hydroxyl groups is 1. The highest BCUT2D eigenvalue weighted by atomic mass is 16.3. The van der Waals surface area contributed by atoms with E-state index in [0.717, 1.165) is 31.8 Å². The van der Waals surface area contributed by atoms with Crippen molar-refractivity contribution in [3.63, 3.8) is 0 Å². The van der Waals surface area contributed by atoms with Crippen molar-refractivity contribution >= 4 is 5.78 Å². The monoisotopic (exact) mass is 221 g/mol. The van der Waals surface area contributed by atoms with Gasteiger partial charge in [-0.15, -0.1) is 0 Å². The number of imidazole rings is 1. The highest BCUT2D eigenvalue weighted by molar-refractivity contribution is 5.91. The van der Waals surface area contributed by atoms with Crippen LogP contribution in [0.3, 0.4) is 0 Å². The molecular weight excluding hydrogens is 206 g/mol. The largest absolute Gasteiger partial charge is 0.376 e. The summed E-state index contributed by atoms with van der Waals surface area (Å²) in [6.07, 6.45) is 3.52. The molecule has 86 valence electrons. The van der Waals surface area contributed by atoms with Gasteiger partial charge in [0.2, 0.25) is 0 Å². The molecule has 1 aromatic rings. The fourth-order valence-electron chi connectivity index (χ4n) is 2.21. The van der Waals surface area contributed by atoms with Gasteiger partial charge in [0, 0.05) is 26.2 Å². The van der Waals surface area contributed by atoms with Crippen LogP contribution in [-0.2, 0) is 13.1 Å². The van der Waals surface area contributed by atoms with E-state index in [9.17, 15) is 9.90 Å². The van der Waals surface area contributed by atoms with E-state index in [2.05, 4.69) is 9.88 Å². The number of nitrogens with zero attached hydrogens (tertiary/aromatic N) is 3. The zero-order valence-electron chi connectivity index (χ0n) is 9.31. The van der Waals surface area contributed by atoms with Gasteiger partial charge in [0.25, 0.3) is 0 Å². The van der Waals surface area contributed by atoms with Crippen LogP contribution >= 0.6 is 0 Å². The lowest BCUT2D eigenvalue weighted by Gasteiger charge is -2.31. The Morgan fingerprint density at radius 1 is 1.50 bits per heavy atom. The highest BCUT2D eigenvalue weighted by Crippen LogP contribution is 2.40. The smallest absolute Gasteiger partial charge is 0.179 e. The van der Waals surface area contributed by atoms with E-state index < -0.39 is 5.72 Å². The molecule has 2 heterocycles. The lowest BCUT2D eigenvalue weighted by molar-refractivity contribution is -0.0386. The molecule has 0 saturated heterocycles. The summed E-state index contributed by atoms with van der Waals surface area (Å²) >= 11 is 0. The first-order chi connectivity index (χ1) is 7.58. The molecule has 0 atom stereocenters. The van der Waals surface area contributed by atoms with Gasteiger partial charge in [-0.25, -0.2) is 4.98 Å². The van der Waals surface area contributed by atoms with Gasteiger partial charge in [-0.3, -0.25) is 9.69 Å². The first-order valence-corrected chi connectivity index (χ1v) is 5.63. The highest BCUT2D eigenvalue weighted by Gasteiger charge is 2.47. The maximum atomic E-state index is 11.2. The summed E-state index contributed by atoms with van der Waals surface area (Å²) in [6.45, 7) is 3.81. The molecule has 1 saturated carbocycles. The van der Waals surface area contributed by atoms with E-state index >= 15 is 0 Å². The molecule has 0 amide bonds. The first-order valence-electron chi connectivity index (χ1n) is 5.63. The van der Waals surface area contributed by atoms with E-state index in [1.165, 1.54) is 6.92 Å². The molecule has 0 bridgehead atoms. The van der Waals surface area contributed by atoms with Crippen molar-refractivity contribution < 1.29 is 9.90 Å². The van der Waals surface area contributed by atoms with E-state index in [-0.39, 0.29) is 5.78 Å². The van der Waals surface area contributed by atoms with Crippen molar-refractivity contribution in [2.24, 2.45) is 0 Å². The van der Waals surface area contributed by atoms with Crippen molar-refractivity contribution in [3.8, 4) is 0 Å². The number of ketones is 1. The van der Waals surface area contributed by atoms with Crippen molar-refractivity contribution in [2.75, 3.05) is 6.54 Å². The second-order valence-corrected chi connectivity index (χ2v) is 4.70. The Labute approximate surface area is 93.7 Å². The molecule has 5 heteroatoms. The van der Waals surface area contributed by atoms with E-state index in [1.54, 1.807) is 0 Å². The average Bonchev–Trinajstić information content (AvgIpc) is 2.86. The van der Waals surface area contributed by atoms with Crippen LogP contribution in [0.5, 0.6) is 0 Å². The summed E-state index contributed by atoms with van der Waals surface area (Å²) in [6, 6.07) is 0. The minimum Gasteiger partial charge on any atom is -0.376 e. The fourth-order valence-corrected chi connectivity index (χ4v) is 2.21. The Morgan fingerprint density at radius 3 is 2.88 bits per heavy atom. The predicted molar refractivity (Wildman–Crippen MR) is 56.8 cm³/mol. The lowest BCUT2D eigenvalue weighted by atomic mass is 10.3. The SMILES string of the molecule is CC(=O)c1cn2c(n1)CN(C1(O)CC1)CC2. The van der Waals surface area contributed by atoms with E-state index in [1.807, 2.05) is 10.8 Å². The third kappa shape index (κ3) is 1.47. The Kier molecular flexibility index (Phi) is 1.96. The second-order valence-electron chi connectivity index (χ2n) is 4.70. The van der Waals surface area contributed by atoms with Crippen LogP contribution in [-0.4, -0.2) is 37.6 Å². The van der Waals surface area contributed by atoms with Crippen molar-refractivity contribution in [1.82, 2.24) is 14.5 Å².